The SMILES string of the molecule is CCN(CC)CCNC(=O)c1c(C)[nH]c(/C=C2\C(=O)Nc3ccc(NC(=O)CCC(=O)OC(C)C(=O)OC(C)C(=O)OCCN(Cc4cccc(OC)c4)C(=O)Nc4ccc(-c5cn[nH]c5)cc4)cc32)c1C. The maximum Gasteiger partial charge on any atom is 0.347 e. The van der Waals surface area contributed by atoms with E-state index < -0.39 is 42.1 Å². The maximum atomic E-state index is 13.5. The third kappa shape index (κ3) is 14.2. The van der Waals surface area contributed by atoms with Crippen molar-refractivity contribution in [2.45, 2.75) is 73.1 Å². The normalized spacial score (nSPS) is 13.1. The van der Waals surface area contributed by atoms with Gasteiger partial charge in [0.05, 0.1) is 37.4 Å². The number of aromatic nitrogens is 3. The zero-order valence-corrected chi connectivity index (χ0v) is 41.4. The molecule has 20 heteroatoms. The molecule has 380 valence electrons. The molecule has 3 aromatic carbocycles. The molecule has 1 aliphatic heterocycles. The van der Waals surface area contributed by atoms with Gasteiger partial charge >= 0.3 is 23.9 Å². The number of anilines is 3. The fourth-order valence-corrected chi connectivity index (χ4v) is 7.80. The Morgan fingerprint density at radius 2 is 1.57 bits per heavy atom. The van der Waals surface area contributed by atoms with Gasteiger partial charge in [-0.2, -0.15) is 5.10 Å². The number of aryl methyl sites for hydroxylation is 1. The lowest BCUT2D eigenvalue weighted by Gasteiger charge is -2.24. The lowest BCUT2D eigenvalue weighted by atomic mass is 10.0. The summed E-state index contributed by atoms with van der Waals surface area (Å²) in [5.41, 5.74) is 7.27. The van der Waals surface area contributed by atoms with Gasteiger partial charge < -0.3 is 55.0 Å². The number of H-pyrrole nitrogens is 2. The quantitative estimate of drug-likeness (QED) is 0.0234. The summed E-state index contributed by atoms with van der Waals surface area (Å²) in [6.07, 6.45) is 1.62. The van der Waals surface area contributed by atoms with E-state index in [4.69, 9.17) is 18.9 Å². The van der Waals surface area contributed by atoms with Crippen molar-refractivity contribution in [3.05, 3.63) is 113 Å². The second-order valence-corrected chi connectivity index (χ2v) is 16.9. The number of carbonyl (C=O) groups excluding carboxylic acids is 7. The number of carbonyl (C=O) groups is 7. The lowest BCUT2D eigenvalue weighted by Crippen LogP contribution is -2.38. The van der Waals surface area contributed by atoms with Crippen LogP contribution in [0.15, 0.2) is 79.1 Å². The maximum absolute atomic E-state index is 13.5. The molecular formula is C52H61N9O11. The van der Waals surface area contributed by atoms with E-state index >= 15 is 0 Å². The molecule has 6 N–H and O–H groups in total. The van der Waals surface area contributed by atoms with Crippen molar-refractivity contribution in [3.63, 3.8) is 0 Å². The summed E-state index contributed by atoms with van der Waals surface area (Å²) in [4.78, 5) is 98.1. The molecule has 0 spiro atoms. The Hall–Kier alpha value is -8.26. The zero-order chi connectivity index (χ0) is 51.9. The first-order valence-corrected chi connectivity index (χ1v) is 23.6. The molecule has 0 fully saturated rings. The number of aromatic amines is 2. The number of nitrogens with one attached hydrogen (secondary N) is 6. The molecule has 0 bridgehead atoms. The van der Waals surface area contributed by atoms with E-state index in [0.717, 1.165) is 36.3 Å². The van der Waals surface area contributed by atoms with Gasteiger partial charge in [0, 0.05) is 71.8 Å². The van der Waals surface area contributed by atoms with Gasteiger partial charge in [0.1, 0.15) is 12.4 Å². The smallest absolute Gasteiger partial charge is 0.347 e. The molecule has 2 atom stereocenters. The summed E-state index contributed by atoms with van der Waals surface area (Å²) < 4.78 is 21.2. The van der Waals surface area contributed by atoms with Gasteiger partial charge in [-0.3, -0.25) is 24.3 Å². The van der Waals surface area contributed by atoms with Gasteiger partial charge in [-0.15, -0.1) is 0 Å². The topological polar surface area (TPSA) is 255 Å². The number of hydrogen-bond donors (Lipinski definition) is 6. The number of amides is 5. The van der Waals surface area contributed by atoms with Crippen LogP contribution in [0.2, 0.25) is 0 Å². The predicted molar refractivity (Wildman–Crippen MR) is 270 cm³/mol. The predicted octanol–water partition coefficient (Wildman–Crippen LogP) is 6.45. The van der Waals surface area contributed by atoms with Crippen LogP contribution in [-0.2, 0) is 44.7 Å². The van der Waals surface area contributed by atoms with Gasteiger partial charge in [0.25, 0.3) is 11.8 Å². The molecule has 0 saturated carbocycles. The minimum absolute atomic E-state index is 0.0276. The number of fused-ring (bicyclic) bond motifs is 1. The molecule has 72 heavy (non-hydrogen) atoms. The number of rotatable bonds is 23. The van der Waals surface area contributed by atoms with E-state index in [-0.39, 0.29) is 44.4 Å². The van der Waals surface area contributed by atoms with E-state index in [0.29, 0.717) is 63.0 Å². The van der Waals surface area contributed by atoms with Crippen molar-refractivity contribution < 1.29 is 52.5 Å². The largest absolute Gasteiger partial charge is 0.497 e. The standard InChI is InChI=1S/C52H61N9O11/c1-8-60(9-2)22-21-53-49(65)47-31(3)44(56-32(47)4)27-42-41-26-39(17-18-43(41)59-48(42)64)57-45(62)19-20-46(63)71-34(6)51(67)72-33(5)50(66)70-24-23-61(30-35-11-10-12-40(25-35)69-7)52(68)58-38-15-13-36(14-16-38)37-28-54-55-29-37/h10-18,25-29,33-34,56H,8-9,19-24,30H2,1-7H3,(H,53,65)(H,54,55)(H,57,62)(H,58,68)(H,59,64)/b42-27-. The Labute approximate surface area is 417 Å². The van der Waals surface area contributed by atoms with Crippen LogP contribution in [0.1, 0.15) is 79.0 Å². The second kappa shape index (κ2) is 25.0. The van der Waals surface area contributed by atoms with Crippen molar-refractivity contribution in [3.8, 4) is 16.9 Å². The molecule has 0 saturated heterocycles. The summed E-state index contributed by atoms with van der Waals surface area (Å²) in [6, 6.07) is 18.8. The highest BCUT2D eigenvalue weighted by molar-refractivity contribution is 6.35. The van der Waals surface area contributed by atoms with E-state index in [1.165, 1.54) is 25.9 Å². The molecule has 2 unspecified atom stereocenters. The third-order valence-electron chi connectivity index (χ3n) is 11.9. The minimum atomic E-state index is -1.42. The molecule has 6 rings (SSSR count). The number of likely N-dealkylation sites (N-methyl/N-ethyl adjacent to an activating group) is 1. The van der Waals surface area contributed by atoms with Crippen molar-refractivity contribution in [1.82, 2.24) is 30.3 Å². The number of nitrogens with zero attached hydrogens (tertiary/aromatic N) is 3. The molecule has 5 aromatic rings. The zero-order valence-electron chi connectivity index (χ0n) is 41.4. The molecule has 1 aliphatic rings. The van der Waals surface area contributed by atoms with Gasteiger partial charge in [0.15, 0.2) is 12.2 Å². The Morgan fingerprint density at radius 3 is 2.28 bits per heavy atom. The van der Waals surface area contributed by atoms with Crippen LogP contribution in [0.3, 0.4) is 0 Å². The van der Waals surface area contributed by atoms with Crippen molar-refractivity contribution >= 4 is 70.4 Å². The first kappa shape index (κ1) is 53.1. The van der Waals surface area contributed by atoms with Crippen LogP contribution in [0.4, 0.5) is 21.9 Å². The molecule has 5 amide bonds. The van der Waals surface area contributed by atoms with Crippen molar-refractivity contribution in [1.29, 1.82) is 0 Å². The van der Waals surface area contributed by atoms with Gasteiger partial charge in [0.2, 0.25) is 5.91 Å². The highest BCUT2D eigenvalue weighted by atomic mass is 16.6. The van der Waals surface area contributed by atoms with Crippen LogP contribution < -0.4 is 26.0 Å². The Kier molecular flexibility index (Phi) is 18.5. The van der Waals surface area contributed by atoms with E-state index in [1.54, 1.807) is 73.9 Å². The summed E-state index contributed by atoms with van der Waals surface area (Å²) >= 11 is 0. The molecule has 20 nitrogen and oxygen atoms in total. The second-order valence-electron chi connectivity index (χ2n) is 16.9. The Balaban J connectivity index is 0.956. The fourth-order valence-electron chi connectivity index (χ4n) is 7.80. The summed E-state index contributed by atoms with van der Waals surface area (Å²) in [5, 5.41) is 18.1. The Morgan fingerprint density at radius 1 is 0.833 bits per heavy atom. The van der Waals surface area contributed by atoms with Gasteiger partial charge in [-0.05, 0) is 106 Å². The number of urea groups is 1. The van der Waals surface area contributed by atoms with Crippen LogP contribution in [-0.4, -0.2) is 125 Å². The van der Waals surface area contributed by atoms with E-state index in [1.807, 2.05) is 25.1 Å². The third-order valence-corrected chi connectivity index (χ3v) is 11.9. The summed E-state index contributed by atoms with van der Waals surface area (Å²) in [5.74, 6) is -3.28. The van der Waals surface area contributed by atoms with Crippen LogP contribution in [0.25, 0.3) is 22.8 Å². The van der Waals surface area contributed by atoms with Crippen LogP contribution in [0, 0.1) is 13.8 Å². The number of methoxy groups -OCH3 is 1. The van der Waals surface area contributed by atoms with Crippen molar-refractivity contribution in [2.75, 3.05) is 62.4 Å². The van der Waals surface area contributed by atoms with Crippen LogP contribution in [0.5, 0.6) is 5.75 Å². The fraction of sp³-hybridized carbons (Fsp3) is 0.346. The summed E-state index contributed by atoms with van der Waals surface area (Å²) in [6.45, 7) is 13.2. The number of benzene rings is 3. The van der Waals surface area contributed by atoms with Gasteiger partial charge in [-0.25, -0.2) is 14.4 Å². The van der Waals surface area contributed by atoms with Crippen LogP contribution >= 0.6 is 0 Å². The molecule has 0 aliphatic carbocycles. The molecular weight excluding hydrogens is 927 g/mol. The van der Waals surface area contributed by atoms with E-state index in [2.05, 4.69) is 55.2 Å². The first-order chi connectivity index (χ1) is 34.6. The highest BCUT2D eigenvalue weighted by Crippen LogP contribution is 2.36. The molecule has 2 aromatic heterocycles. The molecule has 3 heterocycles. The monoisotopic (exact) mass is 987 g/mol. The van der Waals surface area contributed by atoms with E-state index in [9.17, 15) is 33.6 Å². The average molecular weight is 988 g/mol. The lowest BCUT2D eigenvalue weighted by molar-refractivity contribution is -0.177. The number of ether oxygens (including phenoxy) is 4. The number of esters is 3. The van der Waals surface area contributed by atoms with Crippen molar-refractivity contribution in [2.24, 2.45) is 0 Å². The first-order valence-electron chi connectivity index (χ1n) is 23.6. The highest BCUT2D eigenvalue weighted by Gasteiger charge is 2.28. The average Bonchev–Trinajstić information content (AvgIpc) is 4.09. The number of hydrogen-bond acceptors (Lipinski definition) is 13. The molecule has 0 radical (unpaired) electrons. The van der Waals surface area contributed by atoms with Gasteiger partial charge in [-0.1, -0.05) is 38.1 Å². The summed E-state index contributed by atoms with van der Waals surface area (Å²) in [7, 11) is 1.54. The minimum Gasteiger partial charge on any atom is -0.497 e. The Bertz CT molecular complexity index is 2780.